The highest BCUT2D eigenvalue weighted by Crippen LogP contribution is 2.35. The molecule has 6 heteroatoms. The van der Waals surface area contributed by atoms with Gasteiger partial charge < -0.3 is 14.8 Å². The summed E-state index contributed by atoms with van der Waals surface area (Å²) in [5.41, 5.74) is 4.05. The van der Waals surface area contributed by atoms with Crippen molar-refractivity contribution in [2.45, 2.75) is 6.42 Å². The largest absolute Gasteiger partial charge is 0.369 e. The molecule has 0 amide bonds. The van der Waals surface area contributed by atoms with E-state index in [1.165, 1.54) is 0 Å². The summed E-state index contributed by atoms with van der Waals surface area (Å²) < 4.78 is 2.08. The number of fused-ring (bicyclic) bond motifs is 1. The predicted octanol–water partition coefficient (Wildman–Crippen LogP) is 5.10. The van der Waals surface area contributed by atoms with E-state index < -0.39 is 0 Å². The zero-order chi connectivity index (χ0) is 20.2. The van der Waals surface area contributed by atoms with Gasteiger partial charge in [0.15, 0.2) is 5.65 Å². The Morgan fingerprint density at radius 1 is 1.03 bits per heavy atom. The summed E-state index contributed by atoms with van der Waals surface area (Å²) in [6.07, 6.45) is 4.77. The van der Waals surface area contributed by atoms with E-state index in [2.05, 4.69) is 57.2 Å². The van der Waals surface area contributed by atoms with Crippen molar-refractivity contribution in [3.63, 3.8) is 0 Å². The molecule has 2 heterocycles. The average Bonchev–Trinajstić information content (AvgIpc) is 3.12. The summed E-state index contributed by atoms with van der Waals surface area (Å²) in [5.74, 6) is 0.855. The van der Waals surface area contributed by atoms with Gasteiger partial charge in [0.2, 0.25) is 0 Å². The topological polar surface area (TPSA) is 46.0 Å². The van der Waals surface area contributed by atoms with Crippen molar-refractivity contribution in [1.29, 1.82) is 0 Å². The van der Waals surface area contributed by atoms with Crippen LogP contribution in [0.4, 0.5) is 5.82 Å². The first-order valence-electron chi connectivity index (χ1n) is 9.69. The molecule has 1 N–H and O–H groups in total. The molecular weight excluding hydrogens is 382 g/mol. The number of hydrogen-bond acceptors (Lipinski definition) is 4. The van der Waals surface area contributed by atoms with Crippen molar-refractivity contribution in [2.75, 3.05) is 32.5 Å². The lowest BCUT2D eigenvalue weighted by molar-refractivity contribution is 0.405. The molecule has 2 aromatic heterocycles. The van der Waals surface area contributed by atoms with Crippen LogP contribution in [0.2, 0.25) is 5.02 Å². The lowest BCUT2D eigenvalue weighted by atomic mass is 10.1. The van der Waals surface area contributed by atoms with E-state index >= 15 is 0 Å². The lowest BCUT2D eigenvalue weighted by Gasteiger charge is -2.11. The maximum Gasteiger partial charge on any atom is 0.150 e. The van der Waals surface area contributed by atoms with Crippen molar-refractivity contribution in [3.8, 4) is 16.8 Å². The Morgan fingerprint density at radius 3 is 2.62 bits per heavy atom. The second kappa shape index (κ2) is 8.64. The molecule has 0 bridgehead atoms. The molecule has 0 saturated carbocycles. The summed E-state index contributed by atoms with van der Waals surface area (Å²) in [4.78, 5) is 11.4. The van der Waals surface area contributed by atoms with Gasteiger partial charge >= 0.3 is 0 Å². The van der Waals surface area contributed by atoms with Crippen molar-refractivity contribution in [1.82, 2.24) is 19.4 Å². The minimum Gasteiger partial charge on any atom is -0.369 e. The normalized spacial score (nSPS) is 11.3. The number of nitrogens with one attached hydrogen (secondary N) is 1. The van der Waals surface area contributed by atoms with E-state index in [0.29, 0.717) is 5.02 Å². The van der Waals surface area contributed by atoms with Crippen LogP contribution in [-0.2, 0) is 0 Å². The molecule has 5 nitrogen and oxygen atoms in total. The van der Waals surface area contributed by atoms with Crippen LogP contribution in [0.5, 0.6) is 0 Å². The van der Waals surface area contributed by atoms with Gasteiger partial charge in [-0.05, 0) is 50.8 Å². The Balaban J connectivity index is 1.83. The van der Waals surface area contributed by atoms with E-state index in [0.717, 1.165) is 53.2 Å². The van der Waals surface area contributed by atoms with Crippen molar-refractivity contribution >= 4 is 28.5 Å². The molecule has 0 unspecified atom stereocenters. The molecule has 0 spiro atoms. The predicted molar refractivity (Wildman–Crippen MR) is 121 cm³/mol. The molecule has 2 aromatic carbocycles. The standard InChI is InChI=1S/C23H24ClN5/c1-28(2)13-7-12-25-22-21-20(17-8-4-3-5-9-17)15-29(23(21)27-16-26-22)19-11-6-10-18(24)14-19/h3-6,8-11,14-16H,7,12-13H2,1-2H3,(H,25,26,27). The van der Waals surface area contributed by atoms with Crippen LogP contribution in [0.15, 0.2) is 67.1 Å². The molecule has 4 aromatic rings. The summed E-state index contributed by atoms with van der Waals surface area (Å²) >= 11 is 6.25. The molecule has 0 atom stereocenters. The van der Waals surface area contributed by atoms with Gasteiger partial charge in [-0.2, -0.15) is 0 Å². The maximum absolute atomic E-state index is 6.25. The van der Waals surface area contributed by atoms with Gasteiger partial charge in [-0.15, -0.1) is 0 Å². The van der Waals surface area contributed by atoms with Gasteiger partial charge in [-0.1, -0.05) is 48.0 Å². The van der Waals surface area contributed by atoms with Crippen LogP contribution in [0.1, 0.15) is 6.42 Å². The van der Waals surface area contributed by atoms with Gasteiger partial charge in [0, 0.05) is 29.0 Å². The molecule has 148 valence electrons. The smallest absolute Gasteiger partial charge is 0.150 e. The zero-order valence-corrected chi connectivity index (χ0v) is 17.4. The van der Waals surface area contributed by atoms with Gasteiger partial charge in [-0.3, -0.25) is 0 Å². The van der Waals surface area contributed by atoms with Gasteiger partial charge in [-0.25, -0.2) is 9.97 Å². The first kappa shape index (κ1) is 19.4. The number of hydrogen-bond donors (Lipinski definition) is 1. The molecule has 0 radical (unpaired) electrons. The number of rotatable bonds is 7. The second-order valence-electron chi connectivity index (χ2n) is 7.26. The molecule has 0 fully saturated rings. The molecular formula is C23H24ClN5. The highest BCUT2D eigenvalue weighted by atomic mass is 35.5. The SMILES string of the molecule is CN(C)CCCNc1ncnc2c1c(-c1ccccc1)cn2-c1cccc(Cl)c1. The average molecular weight is 406 g/mol. The van der Waals surface area contributed by atoms with Crippen LogP contribution in [0.3, 0.4) is 0 Å². The number of benzene rings is 2. The Bertz CT molecular complexity index is 1100. The monoisotopic (exact) mass is 405 g/mol. The Labute approximate surface area is 176 Å². The first-order valence-corrected chi connectivity index (χ1v) is 10.1. The molecule has 0 aliphatic carbocycles. The van der Waals surface area contributed by atoms with Crippen molar-refractivity contribution < 1.29 is 0 Å². The van der Waals surface area contributed by atoms with E-state index in [1.807, 2.05) is 42.5 Å². The third kappa shape index (κ3) is 4.26. The molecule has 4 rings (SSSR count). The van der Waals surface area contributed by atoms with Gasteiger partial charge in [0.1, 0.15) is 12.1 Å². The second-order valence-corrected chi connectivity index (χ2v) is 7.70. The number of nitrogens with zero attached hydrogens (tertiary/aromatic N) is 4. The first-order chi connectivity index (χ1) is 14.1. The summed E-state index contributed by atoms with van der Waals surface area (Å²) in [7, 11) is 4.17. The van der Waals surface area contributed by atoms with Crippen molar-refractivity contribution in [3.05, 3.63) is 72.1 Å². The third-order valence-electron chi connectivity index (χ3n) is 4.83. The number of halogens is 1. The molecule has 0 saturated heterocycles. The maximum atomic E-state index is 6.25. The molecule has 29 heavy (non-hydrogen) atoms. The fraction of sp³-hybridized carbons (Fsp3) is 0.217. The summed E-state index contributed by atoms with van der Waals surface area (Å²) in [6, 6.07) is 18.2. The van der Waals surface area contributed by atoms with E-state index in [-0.39, 0.29) is 0 Å². The van der Waals surface area contributed by atoms with Crippen LogP contribution < -0.4 is 5.32 Å². The Hall–Kier alpha value is -2.89. The third-order valence-corrected chi connectivity index (χ3v) is 5.06. The van der Waals surface area contributed by atoms with Gasteiger partial charge in [0.05, 0.1) is 5.39 Å². The van der Waals surface area contributed by atoms with Gasteiger partial charge in [0.25, 0.3) is 0 Å². The van der Waals surface area contributed by atoms with Crippen LogP contribution in [0, 0.1) is 0 Å². The Kier molecular flexibility index (Phi) is 5.79. The lowest BCUT2D eigenvalue weighted by Crippen LogP contribution is -2.16. The fourth-order valence-electron chi connectivity index (χ4n) is 3.46. The Morgan fingerprint density at radius 2 is 1.86 bits per heavy atom. The molecule has 0 aliphatic heterocycles. The number of aromatic nitrogens is 3. The summed E-state index contributed by atoms with van der Waals surface area (Å²) in [6.45, 7) is 1.87. The minimum atomic E-state index is 0.696. The highest BCUT2D eigenvalue weighted by Gasteiger charge is 2.17. The van der Waals surface area contributed by atoms with Crippen LogP contribution >= 0.6 is 11.6 Å². The number of anilines is 1. The highest BCUT2D eigenvalue weighted by molar-refractivity contribution is 6.30. The van der Waals surface area contributed by atoms with E-state index in [4.69, 9.17) is 11.6 Å². The quantitative estimate of drug-likeness (QED) is 0.434. The van der Waals surface area contributed by atoms with Crippen molar-refractivity contribution in [2.24, 2.45) is 0 Å². The zero-order valence-electron chi connectivity index (χ0n) is 16.6. The van der Waals surface area contributed by atoms with Crippen LogP contribution in [0.25, 0.3) is 27.8 Å². The fourth-order valence-corrected chi connectivity index (χ4v) is 3.64. The van der Waals surface area contributed by atoms with Crippen LogP contribution in [-0.4, -0.2) is 46.6 Å². The minimum absolute atomic E-state index is 0.696. The molecule has 0 aliphatic rings. The summed E-state index contributed by atoms with van der Waals surface area (Å²) in [5, 5.41) is 5.23. The van der Waals surface area contributed by atoms with E-state index in [1.54, 1.807) is 6.33 Å². The van der Waals surface area contributed by atoms with E-state index in [9.17, 15) is 0 Å².